The Morgan fingerprint density at radius 2 is 2.04 bits per heavy atom. The molecule has 0 aromatic carbocycles. The van der Waals surface area contributed by atoms with Crippen molar-refractivity contribution in [3.63, 3.8) is 0 Å². The zero-order chi connectivity index (χ0) is 15.8. The Bertz CT molecular complexity index is 968. The smallest absolute Gasteiger partial charge is 0.141 e. The van der Waals surface area contributed by atoms with E-state index in [1.165, 1.54) is 12.3 Å². The van der Waals surface area contributed by atoms with Gasteiger partial charge in [0.15, 0.2) is 0 Å². The van der Waals surface area contributed by atoms with E-state index in [0.717, 1.165) is 34.4 Å². The van der Waals surface area contributed by atoms with Gasteiger partial charge in [0.2, 0.25) is 0 Å². The van der Waals surface area contributed by atoms with Crippen molar-refractivity contribution < 1.29 is 4.39 Å². The van der Waals surface area contributed by atoms with E-state index < -0.39 is 0 Å². The number of aromatic nitrogens is 5. The van der Waals surface area contributed by atoms with Crippen molar-refractivity contribution >= 4 is 11.0 Å². The first-order valence-electron chi connectivity index (χ1n) is 7.38. The minimum Gasteiger partial charge on any atom is -0.346 e. The number of hydrogen-bond donors (Lipinski definition) is 1. The molecule has 0 aliphatic carbocycles. The SMILES string of the molecule is CCn1cc(-c2ccnc3[nH]ccc23)c(-c2ccc(F)cn2)n1. The Labute approximate surface area is 131 Å². The Kier molecular flexibility index (Phi) is 3.15. The van der Waals surface area contributed by atoms with E-state index in [0.29, 0.717) is 5.69 Å². The standard InChI is InChI=1S/C17H14FN5/c1-2-23-10-14(12-5-7-19-17-13(12)6-8-20-17)16(22-23)15-4-3-11(18)9-21-15/h3-10H,2H2,1H3,(H,19,20). The Balaban J connectivity index is 1.96. The maximum atomic E-state index is 13.2. The molecule has 4 aromatic rings. The maximum absolute atomic E-state index is 13.2. The molecular formula is C17H14FN5. The fraction of sp³-hybridized carbons (Fsp3) is 0.118. The number of H-pyrrole nitrogens is 1. The Hall–Kier alpha value is -3.02. The summed E-state index contributed by atoms with van der Waals surface area (Å²) in [5, 5.41) is 5.62. The number of halogens is 1. The third kappa shape index (κ3) is 2.28. The maximum Gasteiger partial charge on any atom is 0.141 e. The lowest BCUT2D eigenvalue weighted by Crippen LogP contribution is -1.94. The van der Waals surface area contributed by atoms with Crippen LogP contribution in [0.1, 0.15) is 6.92 Å². The molecule has 0 radical (unpaired) electrons. The van der Waals surface area contributed by atoms with Crippen LogP contribution in [0.25, 0.3) is 33.5 Å². The molecule has 114 valence electrons. The molecule has 1 N–H and O–H groups in total. The summed E-state index contributed by atoms with van der Waals surface area (Å²) in [5.41, 5.74) is 4.19. The molecule has 4 heterocycles. The zero-order valence-corrected chi connectivity index (χ0v) is 12.5. The van der Waals surface area contributed by atoms with Crippen molar-refractivity contribution in [1.29, 1.82) is 0 Å². The molecule has 0 saturated carbocycles. The highest BCUT2D eigenvalue weighted by atomic mass is 19.1. The molecule has 0 aliphatic rings. The van der Waals surface area contributed by atoms with Crippen LogP contribution in [0.15, 0.2) is 49.1 Å². The number of pyridine rings is 2. The predicted molar refractivity (Wildman–Crippen MR) is 86.2 cm³/mol. The Morgan fingerprint density at radius 1 is 1.13 bits per heavy atom. The second-order valence-corrected chi connectivity index (χ2v) is 5.21. The fourth-order valence-corrected chi connectivity index (χ4v) is 2.68. The van der Waals surface area contributed by atoms with Gasteiger partial charge in [-0.15, -0.1) is 0 Å². The molecule has 0 spiro atoms. The second-order valence-electron chi connectivity index (χ2n) is 5.21. The van der Waals surface area contributed by atoms with Gasteiger partial charge in [0.25, 0.3) is 0 Å². The van der Waals surface area contributed by atoms with Crippen molar-refractivity contribution in [3.05, 3.63) is 54.9 Å². The van der Waals surface area contributed by atoms with E-state index in [9.17, 15) is 4.39 Å². The summed E-state index contributed by atoms with van der Waals surface area (Å²) < 4.78 is 15.0. The van der Waals surface area contributed by atoms with E-state index in [-0.39, 0.29) is 5.82 Å². The number of aryl methyl sites for hydroxylation is 1. The number of aromatic amines is 1. The van der Waals surface area contributed by atoms with Gasteiger partial charge in [-0.2, -0.15) is 5.10 Å². The number of hydrogen-bond acceptors (Lipinski definition) is 3. The third-order valence-electron chi connectivity index (χ3n) is 3.81. The van der Waals surface area contributed by atoms with Crippen LogP contribution in [0.4, 0.5) is 4.39 Å². The van der Waals surface area contributed by atoms with Crippen LogP contribution < -0.4 is 0 Å². The van der Waals surface area contributed by atoms with Gasteiger partial charge >= 0.3 is 0 Å². The molecule has 6 heteroatoms. The topological polar surface area (TPSA) is 59.4 Å². The van der Waals surface area contributed by atoms with E-state index in [1.54, 1.807) is 12.3 Å². The summed E-state index contributed by atoms with van der Waals surface area (Å²) in [6.07, 6.45) is 6.82. The molecule has 0 saturated heterocycles. The molecule has 0 aliphatic heterocycles. The van der Waals surface area contributed by atoms with Crippen molar-refractivity contribution in [3.8, 4) is 22.5 Å². The molecule has 0 bridgehead atoms. The van der Waals surface area contributed by atoms with E-state index >= 15 is 0 Å². The van der Waals surface area contributed by atoms with Crippen LogP contribution in [0.5, 0.6) is 0 Å². The second kappa shape index (κ2) is 5.31. The summed E-state index contributed by atoms with van der Waals surface area (Å²) in [6.45, 7) is 2.77. The van der Waals surface area contributed by atoms with Gasteiger partial charge < -0.3 is 4.98 Å². The highest BCUT2D eigenvalue weighted by Gasteiger charge is 2.16. The van der Waals surface area contributed by atoms with E-state index in [1.807, 2.05) is 36.1 Å². The first-order valence-corrected chi connectivity index (χ1v) is 7.38. The van der Waals surface area contributed by atoms with Crippen LogP contribution in [0, 0.1) is 5.82 Å². The molecule has 0 atom stereocenters. The molecule has 0 amide bonds. The van der Waals surface area contributed by atoms with Crippen LogP contribution in [0.3, 0.4) is 0 Å². The average molecular weight is 307 g/mol. The highest BCUT2D eigenvalue weighted by Crippen LogP contribution is 2.33. The van der Waals surface area contributed by atoms with Gasteiger partial charge in [-0.25, -0.2) is 9.37 Å². The van der Waals surface area contributed by atoms with E-state index in [2.05, 4.69) is 20.1 Å². The van der Waals surface area contributed by atoms with Crippen LogP contribution in [0.2, 0.25) is 0 Å². The predicted octanol–water partition coefficient (Wildman–Crippen LogP) is 3.65. The molecule has 0 fully saturated rings. The molecule has 0 unspecified atom stereocenters. The van der Waals surface area contributed by atoms with Gasteiger partial charge in [0.1, 0.15) is 17.2 Å². The zero-order valence-electron chi connectivity index (χ0n) is 12.5. The van der Waals surface area contributed by atoms with Gasteiger partial charge in [0.05, 0.1) is 11.9 Å². The molecule has 23 heavy (non-hydrogen) atoms. The average Bonchev–Trinajstić information content (AvgIpc) is 3.22. The van der Waals surface area contributed by atoms with Crippen molar-refractivity contribution in [1.82, 2.24) is 24.7 Å². The summed E-state index contributed by atoms with van der Waals surface area (Å²) in [6, 6.07) is 7.00. The number of nitrogens with zero attached hydrogens (tertiary/aromatic N) is 4. The van der Waals surface area contributed by atoms with Crippen molar-refractivity contribution in [2.24, 2.45) is 0 Å². The summed E-state index contributed by atoms with van der Waals surface area (Å²) >= 11 is 0. The molecule has 4 aromatic heterocycles. The fourth-order valence-electron chi connectivity index (χ4n) is 2.68. The van der Waals surface area contributed by atoms with Crippen molar-refractivity contribution in [2.45, 2.75) is 13.5 Å². The molecular weight excluding hydrogens is 293 g/mol. The number of rotatable bonds is 3. The normalized spacial score (nSPS) is 11.2. The van der Waals surface area contributed by atoms with Crippen LogP contribution in [-0.2, 0) is 6.54 Å². The highest BCUT2D eigenvalue weighted by molar-refractivity contribution is 5.96. The van der Waals surface area contributed by atoms with Gasteiger partial charge in [-0.05, 0) is 36.8 Å². The van der Waals surface area contributed by atoms with Gasteiger partial charge in [0, 0.05) is 36.1 Å². The minimum atomic E-state index is -0.359. The number of fused-ring (bicyclic) bond motifs is 1. The van der Waals surface area contributed by atoms with Crippen LogP contribution in [-0.4, -0.2) is 24.7 Å². The summed E-state index contributed by atoms with van der Waals surface area (Å²) in [5.74, 6) is -0.359. The lowest BCUT2D eigenvalue weighted by Gasteiger charge is -2.03. The summed E-state index contributed by atoms with van der Waals surface area (Å²) in [7, 11) is 0. The number of nitrogens with one attached hydrogen (secondary N) is 1. The first-order chi connectivity index (χ1) is 11.3. The lowest BCUT2D eigenvalue weighted by atomic mass is 10.0. The third-order valence-corrected chi connectivity index (χ3v) is 3.81. The quantitative estimate of drug-likeness (QED) is 0.628. The van der Waals surface area contributed by atoms with Crippen molar-refractivity contribution in [2.75, 3.05) is 0 Å². The molecule has 5 nitrogen and oxygen atoms in total. The summed E-state index contributed by atoms with van der Waals surface area (Å²) in [4.78, 5) is 11.6. The first kappa shape index (κ1) is 13.6. The lowest BCUT2D eigenvalue weighted by molar-refractivity contribution is 0.621. The van der Waals surface area contributed by atoms with E-state index in [4.69, 9.17) is 0 Å². The monoisotopic (exact) mass is 307 g/mol. The largest absolute Gasteiger partial charge is 0.346 e. The Morgan fingerprint density at radius 3 is 2.83 bits per heavy atom. The van der Waals surface area contributed by atoms with Crippen LogP contribution >= 0.6 is 0 Å². The van der Waals surface area contributed by atoms with Gasteiger partial charge in [-0.1, -0.05) is 0 Å². The minimum absolute atomic E-state index is 0.359. The van der Waals surface area contributed by atoms with Gasteiger partial charge in [-0.3, -0.25) is 9.67 Å². The molecule has 4 rings (SSSR count).